The second kappa shape index (κ2) is 20.0. The lowest BCUT2D eigenvalue weighted by molar-refractivity contribution is 1.06. The first kappa shape index (κ1) is 49.3. The van der Waals surface area contributed by atoms with Crippen LogP contribution >= 0.6 is 0 Å². The van der Waals surface area contributed by atoms with Gasteiger partial charge < -0.3 is 9.13 Å². The van der Waals surface area contributed by atoms with Crippen LogP contribution in [0.25, 0.3) is 134 Å². The molecule has 14 aromatic rings. The van der Waals surface area contributed by atoms with Crippen LogP contribution in [0.2, 0.25) is 0 Å². The lowest BCUT2D eigenvalue weighted by Crippen LogP contribution is -2.06. The summed E-state index contributed by atoms with van der Waals surface area (Å²) in [6.45, 7) is 8.46. The predicted molar refractivity (Wildman–Crippen MR) is 335 cm³/mol. The van der Waals surface area contributed by atoms with E-state index in [1.807, 2.05) is 66.7 Å². The van der Waals surface area contributed by atoms with Crippen molar-refractivity contribution < 1.29 is 0 Å². The minimum absolute atomic E-state index is 0.372. The number of benzene rings is 11. The maximum absolute atomic E-state index is 10.7. The number of rotatable bonds is 9. The molecule has 82 heavy (non-hydrogen) atoms. The van der Waals surface area contributed by atoms with E-state index in [1.54, 1.807) is 0 Å². The van der Waals surface area contributed by atoms with Crippen LogP contribution in [0.1, 0.15) is 33.4 Å². The average molecular weight is 1050 g/mol. The van der Waals surface area contributed by atoms with Crippen LogP contribution in [-0.4, -0.2) is 24.1 Å². The second-order valence-electron chi connectivity index (χ2n) is 21.4. The molecule has 0 radical (unpaired) electrons. The first-order valence-corrected chi connectivity index (χ1v) is 27.5. The van der Waals surface area contributed by atoms with E-state index < -0.39 is 0 Å². The normalized spacial score (nSPS) is 11.4. The molecule has 0 spiro atoms. The molecule has 0 saturated heterocycles. The van der Waals surface area contributed by atoms with Crippen molar-refractivity contribution in [1.29, 1.82) is 10.5 Å². The molecule has 7 nitrogen and oxygen atoms in total. The van der Waals surface area contributed by atoms with Crippen molar-refractivity contribution in [2.24, 2.45) is 0 Å². The second-order valence-corrected chi connectivity index (χ2v) is 21.4. The van der Waals surface area contributed by atoms with E-state index >= 15 is 0 Å². The number of nitrogens with zero attached hydrogens (tertiary/aromatic N) is 7. The monoisotopic (exact) mass is 1050 g/mol. The smallest absolute Gasteiger partial charge is 0.166 e. The minimum Gasteiger partial charge on any atom is -0.308 e. The molecule has 0 atom stereocenters. The number of aromatic nitrogens is 5. The summed E-state index contributed by atoms with van der Waals surface area (Å²) in [5.74, 6) is 1.19. The van der Waals surface area contributed by atoms with E-state index in [-0.39, 0.29) is 0 Å². The molecule has 0 amide bonds. The first-order valence-electron chi connectivity index (χ1n) is 27.5. The Kier molecular flexibility index (Phi) is 12.0. The molecule has 386 valence electrons. The lowest BCUT2D eigenvalue weighted by Gasteiger charge is -2.17. The fraction of sp³-hybridized carbons (Fsp3) is 0.0533. The Hall–Kier alpha value is -11.0. The maximum Gasteiger partial charge on any atom is 0.166 e. The van der Waals surface area contributed by atoms with Crippen LogP contribution in [0.5, 0.6) is 0 Å². The maximum atomic E-state index is 10.7. The summed E-state index contributed by atoms with van der Waals surface area (Å²) in [5, 5.41) is 25.7. The van der Waals surface area contributed by atoms with Crippen molar-refractivity contribution in [2.75, 3.05) is 0 Å². The van der Waals surface area contributed by atoms with Gasteiger partial charge in [-0.2, -0.15) is 10.5 Å². The van der Waals surface area contributed by atoms with E-state index in [4.69, 9.17) is 15.0 Å². The fourth-order valence-electron chi connectivity index (χ4n) is 11.7. The van der Waals surface area contributed by atoms with Gasteiger partial charge in [0, 0.05) is 38.2 Å². The molecule has 7 heteroatoms. The van der Waals surface area contributed by atoms with Crippen LogP contribution in [0.15, 0.2) is 237 Å². The summed E-state index contributed by atoms with van der Waals surface area (Å²) in [4.78, 5) is 16.2. The quantitative estimate of drug-likeness (QED) is 0.143. The van der Waals surface area contributed by atoms with E-state index in [9.17, 15) is 10.5 Å². The summed E-state index contributed by atoms with van der Waals surface area (Å²) >= 11 is 0. The summed E-state index contributed by atoms with van der Waals surface area (Å²) in [6, 6.07) is 87.6. The molecule has 0 N–H and O–H groups in total. The molecular weight excluding hydrogens is 999 g/mol. The highest BCUT2D eigenvalue weighted by atomic mass is 15.1. The molecule has 0 bridgehead atoms. The van der Waals surface area contributed by atoms with E-state index in [0.29, 0.717) is 39.7 Å². The molecule has 0 aliphatic heterocycles. The molecule has 3 aromatic heterocycles. The van der Waals surface area contributed by atoms with Gasteiger partial charge in [-0.05, 0) is 145 Å². The van der Waals surface area contributed by atoms with Crippen LogP contribution < -0.4 is 0 Å². The average Bonchev–Trinajstić information content (AvgIpc) is 2.59. The van der Waals surface area contributed by atoms with Crippen LogP contribution in [-0.2, 0) is 0 Å². The third-order valence-corrected chi connectivity index (χ3v) is 15.9. The third kappa shape index (κ3) is 8.75. The highest BCUT2D eigenvalue weighted by Crippen LogP contribution is 2.43. The topological polar surface area (TPSA) is 96.1 Å². The van der Waals surface area contributed by atoms with Crippen molar-refractivity contribution in [1.82, 2.24) is 24.1 Å². The lowest BCUT2D eigenvalue weighted by atomic mass is 9.99. The molecule has 3 heterocycles. The Labute approximate surface area is 475 Å². The molecule has 11 aromatic carbocycles. The van der Waals surface area contributed by atoms with Gasteiger partial charge in [-0.15, -0.1) is 0 Å². The summed E-state index contributed by atoms with van der Waals surface area (Å²) < 4.78 is 4.59. The highest BCUT2D eigenvalue weighted by molar-refractivity contribution is 6.13. The minimum atomic E-state index is 0.372. The number of fused-ring (bicyclic) bond motifs is 6. The van der Waals surface area contributed by atoms with Gasteiger partial charge in [0.2, 0.25) is 0 Å². The van der Waals surface area contributed by atoms with Gasteiger partial charge >= 0.3 is 0 Å². The number of aryl methyl sites for hydroxylation is 4. The molecule has 0 unspecified atom stereocenters. The van der Waals surface area contributed by atoms with E-state index in [0.717, 1.165) is 105 Å². The SMILES string of the molecule is Cc1ccc(-c2ccc3c(c2)c2cc(-c4ccc(C)cc4)ccc2n3-c2ccc(C#N)cc2-c2nc(-c3ccccc3)nc(-c3cc(C#N)ccc3-n3c4cc(-c5cccc(C)c5)ccc4c4ccc(-c5cccc(C)c5)cc43)n2)cc1. The van der Waals surface area contributed by atoms with Gasteiger partial charge in [0.1, 0.15) is 0 Å². The van der Waals surface area contributed by atoms with Gasteiger partial charge in [0.15, 0.2) is 17.5 Å². The van der Waals surface area contributed by atoms with Gasteiger partial charge in [-0.1, -0.05) is 186 Å². The van der Waals surface area contributed by atoms with Crippen molar-refractivity contribution in [3.8, 4) is 102 Å². The van der Waals surface area contributed by atoms with Crippen LogP contribution in [0, 0.1) is 50.4 Å². The summed E-state index contributed by atoms with van der Waals surface area (Å²) in [7, 11) is 0. The van der Waals surface area contributed by atoms with Crippen molar-refractivity contribution in [3.63, 3.8) is 0 Å². The first-order chi connectivity index (χ1) is 40.1. The van der Waals surface area contributed by atoms with Crippen molar-refractivity contribution in [2.45, 2.75) is 27.7 Å². The summed E-state index contributed by atoms with van der Waals surface area (Å²) in [6.07, 6.45) is 0. The van der Waals surface area contributed by atoms with Crippen molar-refractivity contribution >= 4 is 43.6 Å². The Balaban J connectivity index is 1.03. The number of hydrogen-bond acceptors (Lipinski definition) is 5. The van der Waals surface area contributed by atoms with Gasteiger partial charge in [0.25, 0.3) is 0 Å². The van der Waals surface area contributed by atoms with Crippen LogP contribution in [0.3, 0.4) is 0 Å². The standard InChI is InChI=1S/C75H51N7/c1-46-16-22-52(23-17-46)57-28-34-67-63(40-57)64-41-58(53-24-18-47(2)19-25-53)29-35-68(64)81(67)69-32-20-50(44-76)38-65(69)74-78-73(54-12-6-5-7-13-54)79-75(80-74)66-39-51(45-77)21-33-70(66)82-71-42-59(55-14-8-10-48(3)36-55)26-30-61(71)62-31-27-60(43-72(62)82)56-15-9-11-49(4)37-56/h5-43H,1-4H3. The number of nitriles is 2. The molecule has 14 rings (SSSR count). The predicted octanol–water partition coefficient (Wildman–Crippen LogP) is 18.7. The highest BCUT2D eigenvalue weighted by Gasteiger charge is 2.24. The Bertz CT molecular complexity index is 4770. The molecule has 0 fully saturated rings. The fourth-order valence-corrected chi connectivity index (χ4v) is 11.7. The number of hydrogen-bond donors (Lipinski definition) is 0. The van der Waals surface area contributed by atoms with E-state index in [1.165, 1.54) is 22.3 Å². The van der Waals surface area contributed by atoms with Crippen molar-refractivity contribution in [3.05, 3.63) is 270 Å². The molecule has 0 aliphatic carbocycles. The zero-order chi connectivity index (χ0) is 55.6. The Morgan fingerprint density at radius 1 is 0.280 bits per heavy atom. The largest absolute Gasteiger partial charge is 0.308 e. The van der Waals surface area contributed by atoms with Gasteiger partial charge in [-0.25, -0.2) is 15.0 Å². The molecular formula is C75H51N7. The summed E-state index contributed by atoms with van der Waals surface area (Å²) in [5.41, 5.74) is 22.2. The third-order valence-electron chi connectivity index (χ3n) is 15.9. The Morgan fingerprint density at radius 2 is 0.671 bits per heavy atom. The zero-order valence-electron chi connectivity index (χ0n) is 45.6. The van der Waals surface area contributed by atoms with Crippen LogP contribution in [0.4, 0.5) is 0 Å². The molecule has 0 aliphatic rings. The molecule has 0 saturated carbocycles. The zero-order valence-corrected chi connectivity index (χ0v) is 45.6. The van der Waals surface area contributed by atoms with Gasteiger partial charge in [0.05, 0.1) is 56.7 Å². The Morgan fingerprint density at radius 3 is 1.12 bits per heavy atom. The van der Waals surface area contributed by atoms with E-state index in [2.05, 4.69) is 219 Å². The van der Waals surface area contributed by atoms with Gasteiger partial charge in [-0.3, -0.25) is 0 Å².